The van der Waals surface area contributed by atoms with Crippen LogP contribution in [0.15, 0.2) is 9.95 Å². The van der Waals surface area contributed by atoms with Gasteiger partial charge in [-0.2, -0.15) is 0 Å². The minimum atomic E-state index is -0.219. The molecular formula is C17H20N4O2S2. The molecule has 2 heterocycles. The van der Waals surface area contributed by atoms with Crippen molar-refractivity contribution in [1.29, 1.82) is 0 Å². The lowest BCUT2D eigenvalue weighted by Crippen LogP contribution is -2.31. The Kier molecular flexibility index (Phi) is 4.64. The number of anilines is 1. The Bertz CT molecular complexity index is 864. The molecule has 4 rings (SSSR count). The average Bonchev–Trinajstić information content (AvgIpc) is 3.23. The second-order valence-corrected chi connectivity index (χ2v) is 8.27. The molecule has 2 aliphatic carbocycles. The molecule has 132 valence electrons. The lowest BCUT2D eigenvalue weighted by Gasteiger charge is -2.12. The molecule has 0 radical (unpaired) electrons. The van der Waals surface area contributed by atoms with Gasteiger partial charge in [-0.15, -0.1) is 11.3 Å². The number of amides is 1. The monoisotopic (exact) mass is 376 g/mol. The van der Waals surface area contributed by atoms with Gasteiger partial charge in [0.15, 0.2) is 10.3 Å². The van der Waals surface area contributed by atoms with E-state index in [1.807, 2.05) is 6.26 Å². The summed E-state index contributed by atoms with van der Waals surface area (Å²) in [5.41, 5.74) is 2.72. The van der Waals surface area contributed by atoms with E-state index < -0.39 is 0 Å². The number of thiazole rings is 1. The molecule has 0 saturated heterocycles. The highest BCUT2D eigenvalue weighted by Crippen LogP contribution is 2.29. The van der Waals surface area contributed by atoms with Gasteiger partial charge < -0.3 is 5.32 Å². The maximum Gasteiger partial charge on any atom is 0.258 e. The average molecular weight is 377 g/mol. The summed E-state index contributed by atoms with van der Waals surface area (Å²) in [5, 5.41) is 4.12. The Morgan fingerprint density at radius 2 is 1.96 bits per heavy atom. The molecule has 0 spiro atoms. The molecule has 0 aliphatic heterocycles. The van der Waals surface area contributed by atoms with Crippen molar-refractivity contribution in [2.75, 3.05) is 11.6 Å². The maximum absolute atomic E-state index is 12.7. The first kappa shape index (κ1) is 16.8. The Morgan fingerprint density at radius 1 is 1.16 bits per heavy atom. The molecular weight excluding hydrogens is 356 g/mol. The maximum atomic E-state index is 12.7. The van der Waals surface area contributed by atoms with Crippen LogP contribution in [0.5, 0.6) is 0 Å². The van der Waals surface area contributed by atoms with E-state index >= 15 is 0 Å². The van der Waals surface area contributed by atoms with Crippen molar-refractivity contribution in [3.63, 3.8) is 0 Å². The second kappa shape index (κ2) is 6.92. The minimum absolute atomic E-state index is 0.0144. The lowest BCUT2D eigenvalue weighted by atomic mass is 10.0. The molecule has 2 aliphatic rings. The highest BCUT2D eigenvalue weighted by molar-refractivity contribution is 7.98. The fourth-order valence-corrected chi connectivity index (χ4v) is 5.15. The molecule has 0 aromatic carbocycles. The summed E-state index contributed by atoms with van der Waals surface area (Å²) in [5.74, 6) is -0.219. The quantitative estimate of drug-likeness (QED) is 0.655. The van der Waals surface area contributed by atoms with Crippen LogP contribution >= 0.6 is 23.1 Å². The number of carbonyl (C=O) groups is 1. The van der Waals surface area contributed by atoms with E-state index in [0.29, 0.717) is 10.3 Å². The molecule has 1 N–H and O–H groups in total. The van der Waals surface area contributed by atoms with Crippen LogP contribution in [-0.2, 0) is 37.0 Å². The van der Waals surface area contributed by atoms with Crippen LogP contribution in [0.2, 0.25) is 0 Å². The molecule has 6 nitrogen and oxygen atoms in total. The summed E-state index contributed by atoms with van der Waals surface area (Å²) in [4.78, 5) is 35.6. The molecule has 1 amide bonds. The first-order valence-corrected chi connectivity index (χ1v) is 10.6. The normalized spacial score (nSPS) is 15.7. The number of aryl methyl sites for hydroxylation is 3. The Labute approximate surface area is 154 Å². The summed E-state index contributed by atoms with van der Waals surface area (Å²) in [7, 11) is 0. The zero-order valence-corrected chi connectivity index (χ0v) is 15.8. The summed E-state index contributed by atoms with van der Waals surface area (Å²) in [6.45, 7) is -0.0144. The van der Waals surface area contributed by atoms with Gasteiger partial charge in [-0.1, -0.05) is 11.8 Å². The van der Waals surface area contributed by atoms with E-state index in [4.69, 9.17) is 0 Å². The number of nitrogens with one attached hydrogen (secondary N) is 1. The largest absolute Gasteiger partial charge is 0.300 e. The van der Waals surface area contributed by atoms with Gasteiger partial charge in [0.25, 0.3) is 5.56 Å². The Morgan fingerprint density at radius 3 is 2.76 bits per heavy atom. The highest BCUT2D eigenvalue weighted by atomic mass is 32.2. The van der Waals surface area contributed by atoms with Gasteiger partial charge in [-0.25, -0.2) is 9.97 Å². The number of carbonyl (C=O) groups excluding carboxylic acids is 1. The Balaban J connectivity index is 1.55. The molecule has 2 aromatic rings. The van der Waals surface area contributed by atoms with Crippen LogP contribution in [0.3, 0.4) is 0 Å². The van der Waals surface area contributed by atoms with Gasteiger partial charge in [0.1, 0.15) is 6.54 Å². The van der Waals surface area contributed by atoms with E-state index in [1.54, 1.807) is 11.3 Å². The standard InChI is InChI=1S/C17H20N4O2S2/c1-24-17-19-11-7-4-5-10(11)15(23)21(17)9-14(22)20-16-18-12-6-2-3-8-13(12)25-16/h2-9H2,1H3,(H,18,20,22). The van der Waals surface area contributed by atoms with E-state index in [1.165, 1.54) is 27.6 Å². The molecule has 0 fully saturated rings. The van der Waals surface area contributed by atoms with Crippen LogP contribution in [0.4, 0.5) is 5.13 Å². The molecule has 0 unspecified atom stereocenters. The van der Waals surface area contributed by atoms with E-state index in [-0.39, 0.29) is 18.0 Å². The van der Waals surface area contributed by atoms with Crippen molar-refractivity contribution in [2.45, 2.75) is 56.6 Å². The zero-order valence-electron chi connectivity index (χ0n) is 14.1. The van der Waals surface area contributed by atoms with Crippen molar-refractivity contribution in [2.24, 2.45) is 0 Å². The van der Waals surface area contributed by atoms with Crippen molar-refractivity contribution < 1.29 is 4.79 Å². The Hall–Kier alpha value is -1.67. The van der Waals surface area contributed by atoms with Crippen LogP contribution in [0.1, 0.15) is 41.1 Å². The number of rotatable bonds is 4. The van der Waals surface area contributed by atoms with Crippen molar-refractivity contribution in [3.05, 3.63) is 32.2 Å². The predicted octanol–water partition coefficient (Wildman–Crippen LogP) is 2.43. The smallest absolute Gasteiger partial charge is 0.258 e. The number of fused-ring (bicyclic) bond motifs is 2. The number of thioether (sulfide) groups is 1. The first-order chi connectivity index (χ1) is 12.2. The zero-order chi connectivity index (χ0) is 17.4. The third kappa shape index (κ3) is 3.25. The third-order valence-corrected chi connectivity index (χ3v) is 6.48. The fraction of sp³-hybridized carbons (Fsp3) is 0.529. The van der Waals surface area contributed by atoms with Gasteiger partial charge in [0, 0.05) is 10.4 Å². The van der Waals surface area contributed by atoms with Crippen LogP contribution in [0, 0.1) is 0 Å². The molecule has 2 aromatic heterocycles. The van der Waals surface area contributed by atoms with Gasteiger partial charge in [-0.3, -0.25) is 14.2 Å². The first-order valence-electron chi connectivity index (χ1n) is 8.60. The van der Waals surface area contributed by atoms with Crippen LogP contribution in [0.25, 0.3) is 0 Å². The molecule has 0 saturated carbocycles. The number of hydrogen-bond donors (Lipinski definition) is 1. The summed E-state index contributed by atoms with van der Waals surface area (Å²) in [6.07, 6.45) is 8.86. The van der Waals surface area contributed by atoms with E-state index in [9.17, 15) is 9.59 Å². The van der Waals surface area contributed by atoms with Crippen LogP contribution < -0.4 is 10.9 Å². The van der Waals surface area contributed by atoms with E-state index in [0.717, 1.165) is 55.5 Å². The van der Waals surface area contributed by atoms with Crippen LogP contribution in [-0.4, -0.2) is 26.7 Å². The van der Waals surface area contributed by atoms with Gasteiger partial charge in [0.2, 0.25) is 5.91 Å². The summed E-state index contributed by atoms with van der Waals surface area (Å²) in [6, 6.07) is 0. The van der Waals surface area contributed by atoms with Crippen molar-refractivity contribution in [3.8, 4) is 0 Å². The summed E-state index contributed by atoms with van der Waals surface area (Å²) >= 11 is 2.96. The highest BCUT2D eigenvalue weighted by Gasteiger charge is 2.22. The van der Waals surface area contributed by atoms with Crippen molar-refractivity contribution in [1.82, 2.24) is 14.5 Å². The third-order valence-electron chi connectivity index (χ3n) is 4.73. The van der Waals surface area contributed by atoms with E-state index in [2.05, 4.69) is 15.3 Å². The van der Waals surface area contributed by atoms with Gasteiger partial charge in [-0.05, 0) is 51.2 Å². The summed E-state index contributed by atoms with van der Waals surface area (Å²) < 4.78 is 1.50. The minimum Gasteiger partial charge on any atom is -0.300 e. The lowest BCUT2D eigenvalue weighted by molar-refractivity contribution is -0.116. The molecule has 8 heteroatoms. The molecule has 0 bridgehead atoms. The molecule has 25 heavy (non-hydrogen) atoms. The number of aromatic nitrogens is 3. The van der Waals surface area contributed by atoms with Gasteiger partial charge in [0.05, 0.1) is 11.4 Å². The second-order valence-electron chi connectivity index (χ2n) is 6.41. The number of hydrogen-bond acceptors (Lipinski definition) is 6. The topological polar surface area (TPSA) is 76.9 Å². The predicted molar refractivity (Wildman–Crippen MR) is 99.7 cm³/mol. The number of nitrogens with zero attached hydrogens (tertiary/aromatic N) is 3. The fourth-order valence-electron chi connectivity index (χ4n) is 3.51. The SMILES string of the molecule is CSc1nc2c(c(=O)n1CC(=O)Nc1nc3c(s1)CCCC3)CCC2. The van der Waals surface area contributed by atoms with Crippen molar-refractivity contribution >= 4 is 34.1 Å². The molecule has 0 atom stereocenters. The van der Waals surface area contributed by atoms with Gasteiger partial charge >= 0.3 is 0 Å².